The number of fused-ring (bicyclic) bond motifs is 1. The van der Waals surface area contributed by atoms with Crippen molar-refractivity contribution < 1.29 is 9.53 Å². The number of hydrogen-bond donors (Lipinski definition) is 2. The van der Waals surface area contributed by atoms with Crippen LogP contribution in [-0.2, 0) is 11.2 Å². The zero-order chi connectivity index (χ0) is 14.2. The van der Waals surface area contributed by atoms with E-state index in [0.717, 1.165) is 28.9 Å². The Balaban J connectivity index is 2.32. The van der Waals surface area contributed by atoms with Crippen LogP contribution in [0, 0.1) is 5.41 Å². The summed E-state index contributed by atoms with van der Waals surface area (Å²) in [4.78, 5) is 13.7. The lowest BCUT2D eigenvalue weighted by atomic mass is 9.96. The second-order valence-electron chi connectivity index (χ2n) is 5.53. The summed E-state index contributed by atoms with van der Waals surface area (Å²) in [6.45, 7) is 5.54. The monoisotopic (exact) mass is 278 g/mol. The molecule has 0 aromatic carbocycles. The van der Waals surface area contributed by atoms with Crippen molar-refractivity contribution in [3.63, 3.8) is 0 Å². The van der Waals surface area contributed by atoms with Crippen LogP contribution in [0.2, 0.25) is 0 Å². The number of aryl methyl sites for hydroxylation is 1. The third-order valence-corrected chi connectivity index (χ3v) is 4.02. The summed E-state index contributed by atoms with van der Waals surface area (Å²) in [6.07, 6.45) is 2.88. The maximum atomic E-state index is 12.0. The molecule has 3 N–H and O–H groups in total. The predicted molar refractivity (Wildman–Crippen MR) is 77.7 cm³/mol. The van der Waals surface area contributed by atoms with Crippen molar-refractivity contribution >= 4 is 29.2 Å². The molecule has 19 heavy (non-hydrogen) atoms. The molecule has 0 radical (unpaired) electrons. The Bertz CT molecular complexity index is 564. The van der Waals surface area contributed by atoms with Gasteiger partial charge in [-0.3, -0.25) is 0 Å². The standard InChI is InChI=1S/C14H18N2O2S/c1-14(2,3)18-13(17)11-6-9-10(19-11)5-4-8(7-15)12(9)16/h6-7,15H,4-5,16H2,1-3H3. The largest absolute Gasteiger partial charge is 0.456 e. The van der Waals surface area contributed by atoms with Crippen LogP contribution in [0.3, 0.4) is 0 Å². The summed E-state index contributed by atoms with van der Waals surface area (Å²) in [7, 11) is 0. The molecule has 1 heterocycles. The van der Waals surface area contributed by atoms with Gasteiger partial charge in [0, 0.05) is 22.4 Å². The van der Waals surface area contributed by atoms with Gasteiger partial charge < -0.3 is 15.9 Å². The van der Waals surface area contributed by atoms with Gasteiger partial charge in [-0.05, 0) is 45.3 Å². The van der Waals surface area contributed by atoms with Crippen molar-refractivity contribution in [2.45, 2.75) is 39.2 Å². The fourth-order valence-electron chi connectivity index (χ4n) is 1.98. The van der Waals surface area contributed by atoms with Gasteiger partial charge in [0.05, 0.1) is 0 Å². The molecule has 0 saturated carbocycles. The molecular weight excluding hydrogens is 260 g/mol. The highest BCUT2D eigenvalue weighted by Gasteiger charge is 2.24. The average Bonchev–Trinajstić information content (AvgIpc) is 2.72. The predicted octanol–water partition coefficient (Wildman–Crippen LogP) is 2.97. The smallest absolute Gasteiger partial charge is 0.348 e. The van der Waals surface area contributed by atoms with E-state index in [9.17, 15) is 4.79 Å². The molecule has 1 aliphatic carbocycles. The number of hydrogen-bond acceptors (Lipinski definition) is 5. The lowest BCUT2D eigenvalue weighted by Gasteiger charge is -2.18. The van der Waals surface area contributed by atoms with E-state index in [1.54, 1.807) is 6.07 Å². The van der Waals surface area contributed by atoms with Gasteiger partial charge in [-0.15, -0.1) is 11.3 Å². The minimum atomic E-state index is -0.497. The number of rotatable bonds is 2. The van der Waals surface area contributed by atoms with E-state index in [1.165, 1.54) is 17.6 Å². The van der Waals surface area contributed by atoms with Gasteiger partial charge in [0.2, 0.25) is 0 Å². The summed E-state index contributed by atoms with van der Waals surface area (Å²) < 4.78 is 5.36. The summed E-state index contributed by atoms with van der Waals surface area (Å²) in [5.74, 6) is -0.309. The van der Waals surface area contributed by atoms with Crippen LogP contribution in [0.4, 0.5) is 0 Å². The van der Waals surface area contributed by atoms with E-state index in [2.05, 4.69) is 0 Å². The molecule has 0 aliphatic heterocycles. The van der Waals surface area contributed by atoms with Crippen molar-refractivity contribution in [1.82, 2.24) is 0 Å². The van der Waals surface area contributed by atoms with Crippen molar-refractivity contribution in [2.24, 2.45) is 5.73 Å². The Labute approximate surface area is 116 Å². The Morgan fingerprint density at radius 2 is 2.16 bits per heavy atom. The summed E-state index contributed by atoms with van der Waals surface area (Å²) >= 11 is 1.44. The minimum absolute atomic E-state index is 0.309. The molecule has 0 atom stereocenters. The highest BCUT2D eigenvalue weighted by molar-refractivity contribution is 7.14. The van der Waals surface area contributed by atoms with Crippen molar-refractivity contribution in [3.8, 4) is 0 Å². The number of carbonyl (C=O) groups excluding carboxylic acids is 1. The molecule has 1 aliphatic rings. The zero-order valence-electron chi connectivity index (χ0n) is 11.4. The van der Waals surface area contributed by atoms with Crippen molar-refractivity contribution in [3.05, 3.63) is 27.0 Å². The molecule has 2 rings (SSSR count). The van der Waals surface area contributed by atoms with E-state index < -0.39 is 5.60 Å². The van der Waals surface area contributed by atoms with Crippen LogP contribution < -0.4 is 5.73 Å². The van der Waals surface area contributed by atoms with Crippen LogP contribution in [0.5, 0.6) is 0 Å². The van der Waals surface area contributed by atoms with Gasteiger partial charge >= 0.3 is 5.97 Å². The van der Waals surface area contributed by atoms with Gasteiger partial charge in [0.15, 0.2) is 0 Å². The average molecular weight is 278 g/mol. The summed E-state index contributed by atoms with van der Waals surface area (Å²) in [5.41, 5.74) is 7.86. The Morgan fingerprint density at radius 1 is 1.47 bits per heavy atom. The molecule has 0 bridgehead atoms. The molecule has 0 saturated heterocycles. The van der Waals surface area contributed by atoms with Crippen molar-refractivity contribution in [2.75, 3.05) is 0 Å². The maximum absolute atomic E-state index is 12.0. The van der Waals surface area contributed by atoms with Gasteiger partial charge in [0.25, 0.3) is 0 Å². The van der Waals surface area contributed by atoms with Crippen LogP contribution in [0.25, 0.3) is 5.70 Å². The maximum Gasteiger partial charge on any atom is 0.348 e. The van der Waals surface area contributed by atoms with E-state index in [4.69, 9.17) is 15.9 Å². The second-order valence-corrected chi connectivity index (χ2v) is 6.67. The third-order valence-electron chi connectivity index (χ3n) is 2.84. The highest BCUT2D eigenvalue weighted by atomic mass is 32.1. The minimum Gasteiger partial charge on any atom is -0.456 e. The van der Waals surface area contributed by atoms with E-state index in [1.807, 2.05) is 20.8 Å². The van der Waals surface area contributed by atoms with Gasteiger partial charge in [0.1, 0.15) is 10.5 Å². The Hall–Kier alpha value is -1.62. The molecule has 0 unspecified atom stereocenters. The number of carbonyl (C=O) groups is 1. The van der Waals surface area contributed by atoms with Crippen molar-refractivity contribution in [1.29, 1.82) is 5.41 Å². The fourth-order valence-corrected chi connectivity index (χ4v) is 3.03. The van der Waals surface area contributed by atoms with Crippen LogP contribution in [0.15, 0.2) is 11.6 Å². The summed E-state index contributed by atoms with van der Waals surface area (Å²) in [5, 5.41) is 7.33. The van der Waals surface area contributed by atoms with Gasteiger partial charge in [-0.25, -0.2) is 4.79 Å². The zero-order valence-corrected chi connectivity index (χ0v) is 12.2. The van der Waals surface area contributed by atoms with E-state index in [0.29, 0.717) is 10.6 Å². The molecule has 0 amide bonds. The van der Waals surface area contributed by atoms with Crippen LogP contribution >= 0.6 is 11.3 Å². The van der Waals surface area contributed by atoms with E-state index in [-0.39, 0.29) is 5.97 Å². The molecule has 0 fully saturated rings. The number of ether oxygens (including phenoxy) is 1. The van der Waals surface area contributed by atoms with E-state index >= 15 is 0 Å². The quantitative estimate of drug-likeness (QED) is 0.645. The second kappa shape index (κ2) is 4.81. The molecule has 102 valence electrons. The first-order valence-electron chi connectivity index (χ1n) is 6.17. The van der Waals surface area contributed by atoms with Gasteiger partial charge in [-0.2, -0.15) is 0 Å². The Kier molecular flexibility index (Phi) is 3.49. The molecule has 5 heteroatoms. The molecular formula is C14H18N2O2S. The molecule has 1 aromatic heterocycles. The van der Waals surface area contributed by atoms with Crippen LogP contribution in [-0.4, -0.2) is 17.8 Å². The normalized spacial score (nSPS) is 15.1. The lowest BCUT2D eigenvalue weighted by Crippen LogP contribution is -2.23. The molecule has 4 nitrogen and oxygen atoms in total. The summed E-state index contributed by atoms with van der Waals surface area (Å²) in [6, 6.07) is 1.78. The first kappa shape index (κ1) is 13.8. The van der Waals surface area contributed by atoms with Crippen LogP contribution in [0.1, 0.15) is 47.3 Å². The topological polar surface area (TPSA) is 76.2 Å². The lowest BCUT2D eigenvalue weighted by molar-refractivity contribution is 0.00752. The number of allylic oxidation sites excluding steroid dienone is 1. The number of thiophene rings is 1. The first-order chi connectivity index (χ1) is 8.81. The number of esters is 1. The fraction of sp³-hybridized carbons (Fsp3) is 0.429. The SMILES string of the molecule is CC(C)(C)OC(=O)c1cc2c(s1)CCC(C=N)=C2N. The highest BCUT2D eigenvalue weighted by Crippen LogP contribution is 2.34. The number of nitrogens with two attached hydrogens (primary N) is 1. The Morgan fingerprint density at radius 3 is 2.74 bits per heavy atom. The number of nitrogens with one attached hydrogen (secondary N) is 1. The molecule has 1 aromatic rings. The molecule has 0 spiro atoms. The first-order valence-corrected chi connectivity index (χ1v) is 6.99. The third kappa shape index (κ3) is 2.87. The van der Waals surface area contributed by atoms with Gasteiger partial charge in [-0.1, -0.05) is 0 Å².